The van der Waals surface area contributed by atoms with Crippen LogP contribution >= 0.6 is 27.7 Å². The molecule has 7 atom stereocenters. The van der Waals surface area contributed by atoms with E-state index in [-0.39, 0.29) is 47.1 Å². The van der Waals surface area contributed by atoms with Crippen molar-refractivity contribution in [1.82, 2.24) is 9.80 Å². The van der Waals surface area contributed by atoms with Crippen LogP contribution < -0.4 is 0 Å². The van der Waals surface area contributed by atoms with E-state index in [0.29, 0.717) is 19.4 Å². The molecule has 0 radical (unpaired) electrons. The van der Waals surface area contributed by atoms with Crippen LogP contribution in [-0.4, -0.2) is 85.4 Å². The number of likely N-dealkylation sites (tertiary alicyclic amines) is 1. The SMILES string of the molecule is C=CCN(C(=O)C1N([C@@H](CC)CO)C(=O)[C@@H]2[C@H](C(=O)OCC)[C@H]3SC12CC3Br)C1CCCCC1. The molecular formula is C25H37BrN2O5S. The number of nitrogens with zero attached hydrogens (tertiary/aromatic N) is 2. The number of fused-ring (bicyclic) bond motifs is 1. The minimum Gasteiger partial charge on any atom is -0.466 e. The first-order chi connectivity index (χ1) is 16.4. The zero-order chi connectivity index (χ0) is 24.6. The van der Waals surface area contributed by atoms with Gasteiger partial charge in [0.15, 0.2) is 0 Å². The monoisotopic (exact) mass is 556 g/mol. The first-order valence-corrected chi connectivity index (χ1v) is 14.5. The Labute approximate surface area is 215 Å². The summed E-state index contributed by atoms with van der Waals surface area (Å²) in [5, 5.41) is 10.1. The maximum absolute atomic E-state index is 14.4. The summed E-state index contributed by atoms with van der Waals surface area (Å²) in [5.41, 5.74) is 0. The molecule has 3 heterocycles. The van der Waals surface area contributed by atoms with E-state index in [1.165, 1.54) is 6.42 Å². The normalized spacial score (nSPS) is 35.8. The van der Waals surface area contributed by atoms with Crippen molar-refractivity contribution in [2.75, 3.05) is 19.8 Å². The summed E-state index contributed by atoms with van der Waals surface area (Å²) in [6.07, 6.45) is 8.20. The highest BCUT2D eigenvalue weighted by Crippen LogP contribution is 2.68. The lowest BCUT2D eigenvalue weighted by Gasteiger charge is -2.42. The molecular weight excluding hydrogens is 520 g/mol. The quantitative estimate of drug-likeness (QED) is 0.266. The molecule has 2 amide bonds. The number of carbonyl (C=O) groups is 3. The van der Waals surface area contributed by atoms with Gasteiger partial charge in [0.25, 0.3) is 0 Å². The number of hydrogen-bond donors (Lipinski definition) is 1. The predicted octanol–water partition coefficient (Wildman–Crippen LogP) is 3.13. The van der Waals surface area contributed by atoms with Crippen molar-refractivity contribution in [3.8, 4) is 0 Å². The molecule has 1 spiro atoms. The summed E-state index contributed by atoms with van der Waals surface area (Å²) in [7, 11) is 0. The van der Waals surface area contributed by atoms with Crippen LogP contribution in [0.1, 0.15) is 58.8 Å². The summed E-state index contributed by atoms with van der Waals surface area (Å²) in [5.74, 6) is -1.80. The Morgan fingerprint density at radius 2 is 2.06 bits per heavy atom. The van der Waals surface area contributed by atoms with Gasteiger partial charge in [-0.25, -0.2) is 0 Å². The summed E-state index contributed by atoms with van der Waals surface area (Å²) in [6.45, 7) is 8.06. The third kappa shape index (κ3) is 4.03. The fraction of sp³-hybridized carbons (Fsp3) is 0.800. The molecule has 1 saturated carbocycles. The number of ether oxygens (including phenoxy) is 1. The Kier molecular flexibility index (Phi) is 8.04. The molecule has 9 heteroatoms. The van der Waals surface area contributed by atoms with E-state index in [9.17, 15) is 19.5 Å². The van der Waals surface area contributed by atoms with Crippen LogP contribution in [0.3, 0.4) is 0 Å². The summed E-state index contributed by atoms with van der Waals surface area (Å²) in [6, 6.07) is -1.04. The predicted molar refractivity (Wildman–Crippen MR) is 136 cm³/mol. The topological polar surface area (TPSA) is 87.2 Å². The number of alkyl halides is 1. The van der Waals surface area contributed by atoms with Gasteiger partial charge in [0.1, 0.15) is 6.04 Å². The minimum atomic E-state index is -0.710. The molecule has 0 aromatic heterocycles. The number of esters is 1. The Bertz CT molecular complexity index is 817. The summed E-state index contributed by atoms with van der Waals surface area (Å²) in [4.78, 5) is 45.1. The van der Waals surface area contributed by atoms with Gasteiger partial charge in [-0.1, -0.05) is 48.2 Å². The smallest absolute Gasteiger partial charge is 0.310 e. The molecule has 0 aromatic carbocycles. The van der Waals surface area contributed by atoms with E-state index in [4.69, 9.17) is 4.74 Å². The van der Waals surface area contributed by atoms with E-state index in [1.807, 2.05) is 11.8 Å². The molecule has 1 aliphatic carbocycles. The Hall–Kier alpha value is -1.06. The number of rotatable bonds is 9. The number of hydrogen-bond acceptors (Lipinski definition) is 6. The van der Waals surface area contributed by atoms with Crippen molar-refractivity contribution in [2.45, 2.75) is 91.7 Å². The molecule has 3 unspecified atom stereocenters. The fourth-order valence-corrected chi connectivity index (χ4v) is 10.4. The van der Waals surface area contributed by atoms with Crippen LogP contribution in [0.4, 0.5) is 0 Å². The Balaban J connectivity index is 1.78. The number of halogens is 1. The Morgan fingerprint density at radius 3 is 2.65 bits per heavy atom. The van der Waals surface area contributed by atoms with E-state index in [0.717, 1.165) is 25.7 Å². The van der Waals surface area contributed by atoms with Crippen molar-refractivity contribution < 1.29 is 24.2 Å². The highest BCUT2D eigenvalue weighted by Gasteiger charge is 2.76. The first-order valence-electron chi connectivity index (χ1n) is 12.7. The molecule has 3 saturated heterocycles. The van der Waals surface area contributed by atoms with E-state index >= 15 is 0 Å². The molecule has 3 aliphatic heterocycles. The molecule has 7 nitrogen and oxygen atoms in total. The maximum atomic E-state index is 14.4. The lowest BCUT2D eigenvalue weighted by Crippen LogP contribution is -2.59. The van der Waals surface area contributed by atoms with Gasteiger partial charge in [-0.05, 0) is 32.6 Å². The van der Waals surface area contributed by atoms with Gasteiger partial charge in [-0.2, -0.15) is 0 Å². The van der Waals surface area contributed by atoms with Crippen molar-refractivity contribution in [1.29, 1.82) is 0 Å². The van der Waals surface area contributed by atoms with Crippen molar-refractivity contribution in [3.05, 3.63) is 12.7 Å². The van der Waals surface area contributed by atoms with Gasteiger partial charge in [0.2, 0.25) is 11.8 Å². The number of thioether (sulfide) groups is 1. The van der Waals surface area contributed by atoms with Gasteiger partial charge < -0.3 is 19.6 Å². The van der Waals surface area contributed by atoms with Crippen molar-refractivity contribution in [2.24, 2.45) is 11.8 Å². The van der Waals surface area contributed by atoms with Crippen molar-refractivity contribution >= 4 is 45.5 Å². The molecule has 34 heavy (non-hydrogen) atoms. The van der Waals surface area contributed by atoms with Crippen LogP contribution in [0.2, 0.25) is 0 Å². The molecule has 0 aromatic rings. The van der Waals surface area contributed by atoms with Crippen molar-refractivity contribution in [3.63, 3.8) is 0 Å². The van der Waals surface area contributed by atoms with E-state index in [1.54, 1.807) is 29.7 Å². The van der Waals surface area contributed by atoms with Crippen LogP contribution in [0.25, 0.3) is 0 Å². The number of carbonyl (C=O) groups excluding carboxylic acids is 3. The fourth-order valence-electron chi connectivity index (χ4n) is 6.77. The first kappa shape index (κ1) is 26.0. The van der Waals surface area contributed by atoms with Gasteiger partial charge in [-0.3, -0.25) is 14.4 Å². The summed E-state index contributed by atoms with van der Waals surface area (Å²) >= 11 is 5.39. The number of amides is 2. The van der Waals surface area contributed by atoms with Crippen LogP contribution in [0.5, 0.6) is 0 Å². The van der Waals surface area contributed by atoms with Gasteiger partial charge in [0, 0.05) is 22.7 Å². The third-order valence-electron chi connectivity index (χ3n) is 8.22. The van der Waals surface area contributed by atoms with Crippen LogP contribution in [0, 0.1) is 11.8 Å². The van der Waals surface area contributed by atoms with Gasteiger partial charge in [-0.15, -0.1) is 18.3 Å². The zero-order valence-corrected chi connectivity index (χ0v) is 22.6. The lowest BCUT2D eigenvalue weighted by molar-refractivity contribution is -0.154. The van der Waals surface area contributed by atoms with Gasteiger partial charge in [0.05, 0.1) is 35.8 Å². The molecule has 4 aliphatic rings. The maximum Gasteiger partial charge on any atom is 0.310 e. The minimum absolute atomic E-state index is 0.0166. The molecule has 2 bridgehead atoms. The number of aliphatic hydroxyl groups excluding tert-OH is 1. The third-order valence-corrected chi connectivity index (χ3v) is 11.4. The van der Waals surface area contributed by atoms with E-state index < -0.39 is 28.7 Å². The second-order valence-electron chi connectivity index (χ2n) is 9.98. The largest absolute Gasteiger partial charge is 0.466 e. The number of aliphatic hydroxyl groups is 1. The average molecular weight is 558 g/mol. The summed E-state index contributed by atoms with van der Waals surface area (Å²) < 4.78 is 4.70. The highest BCUT2D eigenvalue weighted by atomic mass is 79.9. The second kappa shape index (κ2) is 10.5. The zero-order valence-electron chi connectivity index (χ0n) is 20.2. The average Bonchev–Trinajstić information content (AvgIpc) is 3.42. The molecule has 190 valence electrons. The Morgan fingerprint density at radius 1 is 1.35 bits per heavy atom. The standard InChI is InChI=1S/C25H37BrN2O5S/c1-4-12-27(16-10-8-7-9-11-16)23(31)21-25-13-17(26)20(34-25)18(24(32)33-6-3)19(25)22(30)28(21)15(5-2)14-29/h4,15-21,29H,1,5-14H2,2-3H3/t15-,17?,18-,19-,20-,21?,25?/m0/s1. The second-order valence-corrected chi connectivity index (χ2v) is 12.7. The highest BCUT2D eigenvalue weighted by molar-refractivity contribution is 9.09. The van der Waals surface area contributed by atoms with Gasteiger partial charge >= 0.3 is 5.97 Å². The lowest BCUT2D eigenvalue weighted by atomic mass is 9.71. The van der Waals surface area contributed by atoms with E-state index in [2.05, 4.69) is 22.5 Å². The molecule has 4 fully saturated rings. The molecule has 1 N–H and O–H groups in total. The van der Waals surface area contributed by atoms with Crippen LogP contribution in [-0.2, 0) is 19.1 Å². The van der Waals surface area contributed by atoms with Crippen LogP contribution in [0.15, 0.2) is 12.7 Å². The molecule has 4 rings (SSSR count).